The predicted molar refractivity (Wildman–Crippen MR) is 89.4 cm³/mol. The Kier molecular flexibility index (Phi) is 3.34. The van der Waals surface area contributed by atoms with Gasteiger partial charge in [0.05, 0.1) is 9.90 Å². The topological polar surface area (TPSA) is 32.7 Å². The summed E-state index contributed by atoms with van der Waals surface area (Å²) in [6.45, 7) is 5.93. The molecule has 0 bridgehead atoms. The molecule has 0 saturated heterocycles. The number of carbonyl (C=O) groups excluding carboxylic acids is 1. The van der Waals surface area contributed by atoms with E-state index in [0.29, 0.717) is 10.9 Å². The Morgan fingerprint density at radius 2 is 2.00 bits per heavy atom. The highest BCUT2D eigenvalue weighted by molar-refractivity contribution is 7.21. The van der Waals surface area contributed by atoms with Gasteiger partial charge in [0.2, 0.25) is 0 Å². The third kappa shape index (κ3) is 2.00. The quantitative estimate of drug-likeness (QED) is 0.816. The Morgan fingerprint density at radius 1 is 1.33 bits per heavy atom. The SMILES string of the molecule is CC(C)C1(C)N=C(c2sc3ccccc3c2Cl)N(C)C1=O. The predicted octanol–water partition coefficient (Wildman–Crippen LogP) is 4.19. The van der Waals surface area contributed by atoms with Gasteiger partial charge in [-0.05, 0) is 18.9 Å². The number of carbonyl (C=O) groups is 1. The van der Waals surface area contributed by atoms with Crippen LogP contribution < -0.4 is 0 Å². The first-order chi connectivity index (χ1) is 9.86. The number of benzene rings is 1. The van der Waals surface area contributed by atoms with Crippen molar-refractivity contribution in [3.63, 3.8) is 0 Å². The van der Waals surface area contributed by atoms with E-state index in [1.807, 2.05) is 45.0 Å². The first-order valence-corrected chi connectivity index (χ1v) is 8.11. The van der Waals surface area contributed by atoms with Gasteiger partial charge in [-0.15, -0.1) is 11.3 Å². The van der Waals surface area contributed by atoms with Crippen molar-refractivity contribution in [1.82, 2.24) is 4.90 Å². The van der Waals surface area contributed by atoms with Crippen LogP contribution in [0.3, 0.4) is 0 Å². The van der Waals surface area contributed by atoms with Crippen LogP contribution in [0.4, 0.5) is 0 Å². The number of amidine groups is 1. The van der Waals surface area contributed by atoms with Gasteiger partial charge in [-0.3, -0.25) is 14.7 Å². The molecule has 2 aromatic rings. The minimum Gasteiger partial charge on any atom is -0.297 e. The number of hydrogen-bond acceptors (Lipinski definition) is 3. The van der Waals surface area contributed by atoms with Gasteiger partial charge in [0.15, 0.2) is 0 Å². The average molecular weight is 321 g/mol. The molecule has 0 fully saturated rings. The van der Waals surface area contributed by atoms with Crippen LogP contribution >= 0.6 is 22.9 Å². The molecule has 0 aliphatic carbocycles. The summed E-state index contributed by atoms with van der Waals surface area (Å²) >= 11 is 8.10. The summed E-state index contributed by atoms with van der Waals surface area (Å²) < 4.78 is 1.11. The van der Waals surface area contributed by atoms with Gasteiger partial charge in [0.25, 0.3) is 5.91 Å². The smallest absolute Gasteiger partial charge is 0.255 e. The molecule has 0 radical (unpaired) electrons. The number of rotatable bonds is 2. The molecule has 1 unspecified atom stereocenters. The van der Waals surface area contributed by atoms with Crippen molar-refractivity contribution in [2.75, 3.05) is 7.05 Å². The molecule has 1 aliphatic heterocycles. The molecule has 0 saturated carbocycles. The number of aliphatic imine (C=N–C) groups is 1. The largest absolute Gasteiger partial charge is 0.297 e. The highest BCUT2D eigenvalue weighted by atomic mass is 35.5. The van der Waals surface area contributed by atoms with E-state index in [-0.39, 0.29) is 11.8 Å². The van der Waals surface area contributed by atoms with Crippen molar-refractivity contribution in [1.29, 1.82) is 0 Å². The maximum Gasteiger partial charge on any atom is 0.255 e. The minimum atomic E-state index is -0.705. The number of likely N-dealkylation sites (N-methyl/N-ethyl adjacent to an activating group) is 1. The molecular weight excluding hydrogens is 304 g/mol. The molecule has 0 spiro atoms. The van der Waals surface area contributed by atoms with E-state index in [9.17, 15) is 4.79 Å². The fraction of sp³-hybridized carbons (Fsp3) is 0.375. The van der Waals surface area contributed by atoms with Gasteiger partial charge in [-0.25, -0.2) is 0 Å². The molecule has 1 atom stereocenters. The third-order valence-electron chi connectivity index (χ3n) is 4.26. The lowest BCUT2D eigenvalue weighted by Gasteiger charge is -2.23. The van der Waals surface area contributed by atoms with Crippen LogP contribution in [0.25, 0.3) is 10.1 Å². The van der Waals surface area contributed by atoms with E-state index < -0.39 is 5.54 Å². The number of amides is 1. The monoisotopic (exact) mass is 320 g/mol. The zero-order chi connectivity index (χ0) is 15.4. The molecule has 1 aromatic carbocycles. The minimum absolute atomic E-state index is 0.0287. The van der Waals surface area contributed by atoms with Crippen LogP contribution in [0.1, 0.15) is 25.6 Å². The second-order valence-corrected chi connectivity index (χ2v) is 7.27. The summed E-state index contributed by atoms with van der Waals surface area (Å²) in [6, 6.07) is 7.99. The van der Waals surface area contributed by atoms with E-state index in [0.717, 1.165) is 15.0 Å². The average Bonchev–Trinajstić information content (AvgIpc) is 2.91. The second-order valence-electron chi connectivity index (χ2n) is 5.84. The van der Waals surface area contributed by atoms with Gasteiger partial charge in [-0.1, -0.05) is 43.6 Å². The Bertz CT molecular complexity index is 765. The van der Waals surface area contributed by atoms with Crippen molar-refractivity contribution in [3.05, 3.63) is 34.2 Å². The van der Waals surface area contributed by atoms with Gasteiger partial charge in [0, 0.05) is 17.1 Å². The number of nitrogens with zero attached hydrogens (tertiary/aromatic N) is 2. The van der Waals surface area contributed by atoms with Gasteiger partial charge >= 0.3 is 0 Å². The van der Waals surface area contributed by atoms with E-state index in [4.69, 9.17) is 16.6 Å². The Balaban J connectivity index is 2.19. The zero-order valence-corrected chi connectivity index (χ0v) is 14.0. The van der Waals surface area contributed by atoms with Crippen LogP contribution in [-0.2, 0) is 4.79 Å². The van der Waals surface area contributed by atoms with Crippen LogP contribution in [0.15, 0.2) is 29.3 Å². The van der Waals surface area contributed by atoms with Crippen LogP contribution in [0.2, 0.25) is 5.02 Å². The molecule has 3 nitrogen and oxygen atoms in total. The van der Waals surface area contributed by atoms with Crippen LogP contribution in [0, 0.1) is 5.92 Å². The van der Waals surface area contributed by atoms with Gasteiger partial charge in [0.1, 0.15) is 11.4 Å². The molecule has 0 N–H and O–H groups in total. The molecule has 3 rings (SSSR count). The molecule has 21 heavy (non-hydrogen) atoms. The normalized spacial score (nSPS) is 22.5. The Morgan fingerprint density at radius 3 is 2.57 bits per heavy atom. The van der Waals surface area contributed by atoms with E-state index in [2.05, 4.69) is 0 Å². The standard InChI is InChI=1S/C16H17ClN2OS/c1-9(2)16(3)15(20)19(4)14(18-16)13-12(17)10-7-5-6-8-11(10)21-13/h5-9H,1-4H3. The summed E-state index contributed by atoms with van der Waals surface area (Å²) in [5.41, 5.74) is -0.705. The molecule has 1 aliphatic rings. The highest BCUT2D eigenvalue weighted by Gasteiger charge is 2.46. The van der Waals surface area contributed by atoms with Crippen molar-refractivity contribution < 1.29 is 4.79 Å². The highest BCUT2D eigenvalue weighted by Crippen LogP contribution is 2.39. The molecule has 1 aromatic heterocycles. The lowest BCUT2D eigenvalue weighted by molar-refractivity contribution is -0.131. The Hall–Kier alpha value is -1.39. The number of hydrogen-bond donors (Lipinski definition) is 0. The molecular formula is C16H17ClN2OS. The lowest BCUT2D eigenvalue weighted by atomic mass is 9.89. The fourth-order valence-corrected chi connectivity index (χ4v) is 4.06. The fourth-order valence-electron chi connectivity index (χ4n) is 2.52. The first kappa shape index (κ1) is 14.5. The molecule has 5 heteroatoms. The summed E-state index contributed by atoms with van der Waals surface area (Å²) in [4.78, 5) is 19.8. The van der Waals surface area contributed by atoms with Crippen molar-refractivity contribution in [3.8, 4) is 0 Å². The van der Waals surface area contributed by atoms with Crippen molar-refractivity contribution >= 4 is 44.8 Å². The van der Waals surface area contributed by atoms with Gasteiger partial charge < -0.3 is 0 Å². The molecule has 110 valence electrons. The second kappa shape index (κ2) is 4.82. The first-order valence-electron chi connectivity index (χ1n) is 6.91. The van der Waals surface area contributed by atoms with Crippen LogP contribution in [0.5, 0.6) is 0 Å². The van der Waals surface area contributed by atoms with Gasteiger partial charge in [-0.2, -0.15) is 0 Å². The number of thiophene rings is 1. The number of fused-ring (bicyclic) bond motifs is 1. The lowest BCUT2D eigenvalue weighted by Crippen LogP contribution is -2.42. The molecule has 1 amide bonds. The van der Waals surface area contributed by atoms with Crippen LogP contribution in [-0.4, -0.2) is 29.2 Å². The summed E-state index contributed by atoms with van der Waals surface area (Å²) in [5.74, 6) is 0.849. The maximum absolute atomic E-state index is 12.6. The number of halogens is 1. The van der Waals surface area contributed by atoms with E-state index in [1.165, 1.54) is 0 Å². The van der Waals surface area contributed by atoms with E-state index in [1.54, 1.807) is 23.3 Å². The summed E-state index contributed by atoms with van der Waals surface area (Å²) in [5, 5.41) is 1.70. The zero-order valence-electron chi connectivity index (χ0n) is 12.5. The maximum atomic E-state index is 12.6. The summed E-state index contributed by atoms with van der Waals surface area (Å²) in [7, 11) is 1.77. The Labute approximate surface area is 133 Å². The third-order valence-corrected chi connectivity index (χ3v) is 5.93. The van der Waals surface area contributed by atoms with Crippen molar-refractivity contribution in [2.24, 2.45) is 10.9 Å². The summed E-state index contributed by atoms with van der Waals surface area (Å²) in [6.07, 6.45) is 0. The van der Waals surface area contributed by atoms with Crippen molar-refractivity contribution in [2.45, 2.75) is 26.3 Å². The van der Waals surface area contributed by atoms with E-state index >= 15 is 0 Å². The molecule has 2 heterocycles.